The minimum atomic E-state index is -1.32. The molecular weight excluding hydrogens is 283 g/mol. The first kappa shape index (κ1) is 14.9. The van der Waals surface area contributed by atoms with Crippen molar-refractivity contribution in [2.45, 2.75) is 26.7 Å². The van der Waals surface area contributed by atoms with E-state index in [1.54, 1.807) is 13.8 Å². The first-order valence-corrected chi connectivity index (χ1v) is 6.68. The van der Waals surface area contributed by atoms with E-state index < -0.39 is 22.9 Å². The van der Waals surface area contributed by atoms with Crippen molar-refractivity contribution in [3.63, 3.8) is 0 Å². The molecule has 1 aromatic carbocycles. The average molecular weight is 297 g/mol. The van der Waals surface area contributed by atoms with Gasteiger partial charge in [0.05, 0.1) is 5.02 Å². The molecule has 1 aromatic rings. The van der Waals surface area contributed by atoms with E-state index >= 15 is 0 Å². The molecule has 20 heavy (non-hydrogen) atoms. The molecule has 106 valence electrons. The first-order valence-electron chi connectivity index (χ1n) is 6.30. The summed E-state index contributed by atoms with van der Waals surface area (Å²) < 4.78 is 13.0. The van der Waals surface area contributed by atoms with E-state index in [4.69, 9.17) is 11.6 Å². The van der Waals surface area contributed by atoms with Crippen molar-refractivity contribution in [2.24, 2.45) is 11.3 Å². The van der Waals surface area contributed by atoms with Gasteiger partial charge in [0.25, 0.3) is 0 Å². The molecule has 0 radical (unpaired) electrons. The van der Waals surface area contributed by atoms with Gasteiger partial charge < -0.3 is 0 Å². The fourth-order valence-electron chi connectivity index (χ4n) is 2.35. The Labute approximate surface area is 121 Å². The molecule has 0 heterocycles. The molecule has 3 nitrogen and oxygen atoms in total. The van der Waals surface area contributed by atoms with Crippen LogP contribution in [0.25, 0.3) is 0 Å². The van der Waals surface area contributed by atoms with Gasteiger partial charge in [-0.15, -0.1) is 0 Å². The number of hydrogen-bond acceptors (Lipinski definition) is 3. The highest BCUT2D eigenvalue weighted by Crippen LogP contribution is 2.35. The van der Waals surface area contributed by atoms with Crippen molar-refractivity contribution in [1.82, 2.24) is 0 Å². The smallest absolute Gasteiger partial charge is 0.182 e. The third-order valence-corrected chi connectivity index (χ3v) is 4.02. The maximum atomic E-state index is 13.0. The molecule has 1 saturated carbocycles. The highest BCUT2D eigenvalue weighted by Gasteiger charge is 2.46. The Morgan fingerprint density at radius 3 is 2.60 bits per heavy atom. The summed E-state index contributed by atoms with van der Waals surface area (Å²) in [6.07, 6.45) is 0.625. The summed E-state index contributed by atoms with van der Waals surface area (Å²) >= 11 is 5.83. The van der Waals surface area contributed by atoms with E-state index in [2.05, 4.69) is 0 Å². The molecule has 2 rings (SSSR count). The Morgan fingerprint density at radius 1 is 1.35 bits per heavy atom. The summed E-state index contributed by atoms with van der Waals surface area (Å²) in [5, 5.41) is -0.0843. The second-order valence-corrected chi connectivity index (χ2v) is 6.04. The fourth-order valence-corrected chi connectivity index (χ4v) is 2.61. The van der Waals surface area contributed by atoms with Crippen molar-refractivity contribution in [3.8, 4) is 0 Å². The van der Waals surface area contributed by atoms with Gasteiger partial charge in [0.2, 0.25) is 0 Å². The number of benzene rings is 1. The lowest BCUT2D eigenvalue weighted by atomic mass is 9.68. The number of halogens is 2. The fraction of sp³-hybridized carbons (Fsp3) is 0.400. The molecule has 0 aromatic heterocycles. The third-order valence-electron chi connectivity index (χ3n) is 3.71. The van der Waals surface area contributed by atoms with Crippen LogP contribution in [0.5, 0.6) is 0 Å². The summed E-state index contributed by atoms with van der Waals surface area (Å²) in [4.78, 5) is 36.6. The zero-order valence-electron chi connectivity index (χ0n) is 11.2. The Morgan fingerprint density at radius 2 is 2.00 bits per heavy atom. The standard InChI is InChI=1S/C15H14ClFO3/c1-15(2)6-5-11(18)12(14(15)20)13(19)9-4-3-8(17)7-10(9)16/h3-4,7,12H,5-6H2,1-2H3. The Kier molecular flexibility index (Phi) is 3.78. The Bertz CT molecular complexity index is 607. The normalized spacial score (nSPS) is 21.9. The largest absolute Gasteiger partial charge is 0.298 e. The first-order chi connectivity index (χ1) is 9.24. The molecule has 0 saturated heterocycles. The third kappa shape index (κ3) is 2.52. The van der Waals surface area contributed by atoms with Gasteiger partial charge in [-0.05, 0) is 24.6 Å². The predicted octanol–water partition coefficient (Wildman–Crippen LogP) is 3.24. The summed E-state index contributed by atoms with van der Waals surface area (Å²) in [7, 11) is 0. The van der Waals surface area contributed by atoms with Crippen molar-refractivity contribution in [1.29, 1.82) is 0 Å². The van der Waals surface area contributed by atoms with Crippen molar-refractivity contribution >= 4 is 29.0 Å². The molecule has 0 amide bonds. The number of carbonyl (C=O) groups excluding carboxylic acids is 3. The minimum Gasteiger partial charge on any atom is -0.298 e. The van der Waals surface area contributed by atoms with Crippen molar-refractivity contribution < 1.29 is 18.8 Å². The average Bonchev–Trinajstić information content (AvgIpc) is 2.35. The maximum Gasteiger partial charge on any atom is 0.182 e. The van der Waals surface area contributed by atoms with Gasteiger partial charge in [0.15, 0.2) is 17.3 Å². The van der Waals surface area contributed by atoms with E-state index in [0.717, 1.165) is 12.1 Å². The van der Waals surface area contributed by atoms with Crippen LogP contribution in [0.15, 0.2) is 18.2 Å². The highest BCUT2D eigenvalue weighted by molar-refractivity contribution is 6.36. The summed E-state index contributed by atoms with van der Waals surface area (Å²) in [5.41, 5.74) is -0.696. The second kappa shape index (κ2) is 5.09. The molecule has 5 heteroatoms. The van der Waals surface area contributed by atoms with Crippen molar-refractivity contribution in [2.75, 3.05) is 0 Å². The molecule has 1 aliphatic carbocycles. The maximum absolute atomic E-state index is 13.0. The summed E-state index contributed by atoms with van der Waals surface area (Å²) in [5.74, 6) is -3.31. The summed E-state index contributed by atoms with van der Waals surface area (Å²) in [6.45, 7) is 3.43. The monoisotopic (exact) mass is 296 g/mol. The van der Waals surface area contributed by atoms with Gasteiger partial charge in [-0.2, -0.15) is 0 Å². The van der Waals surface area contributed by atoms with E-state index in [1.165, 1.54) is 6.07 Å². The molecule has 0 aliphatic heterocycles. The Hall–Kier alpha value is -1.55. The molecule has 1 atom stereocenters. The van der Waals surface area contributed by atoms with Crippen LogP contribution in [0.2, 0.25) is 5.02 Å². The number of Topliss-reactive ketones (excluding diaryl/α,β-unsaturated/α-hetero) is 3. The lowest BCUT2D eigenvalue weighted by Crippen LogP contribution is -2.44. The van der Waals surface area contributed by atoms with Crippen LogP contribution in [-0.2, 0) is 9.59 Å². The SMILES string of the molecule is CC1(C)CCC(=O)C(C(=O)c2ccc(F)cc2Cl)C1=O. The van der Waals surface area contributed by atoms with Crippen LogP contribution in [0.3, 0.4) is 0 Å². The van der Waals surface area contributed by atoms with Crippen LogP contribution in [-0.4, -0.2) is 17.3 Å². The number of ketones is 3. The molecule has 1 unspecified atom stereocenters. The number of carbonyl (C=O) groups is 3. The van der Waals surface area contributed by atoms with Crippen LogP contribution in [0.1, 0.15) is 37.0 Å². The van der Waals surface area contributed by atoms with E-state index in [-0.39, 0.29) is 28.6 Å². The van der Waals surface area contributed by atoms with Crippen molar-refractivity contribution in [3.05, 3.63) is 34.6 Å². The van der Waals surface area contributed by atoms with Crippen LogP contribution >= 0.6 is 11.6 Å². The molecule has 1 fully saturated rings. The summed E-state index contributed by atoms with van der Waals surface area (Å²) in [6, 6.07) is 3.29. The second-order valence-electron chi connectivity index (χ2n) is 5.64. The van der Waals surface area contributed by atoms with Crippen LogP contribution in [0, 0.1) is 17.2 Å². The minimum absolute atomic E-state index is 0.0115. The molecule has 1 aliphatic rings. The van der Waals surface area contributed by atoms with Gasteiger partial charge in [-0.3, -0.25) is 14.4 Å². The highest BCUT2D eigenvalue weighted by atomic mass is 35.5. The lowest BCUT2D eigenvalue weighted by molar-refractivity contribution is -0.140. The van der Waals surface area contributed by atoms with Gasteiger partial charge in [-0.25, -0.2) is 4.39 Å². The van der Waals surface area contributed by atoms with Crippen LogP contribution in [0.4, 0.5) is 4.39 Å². The molecule has 0 spiro atoms. The van der Waals surface area contributed by atoms with E-state index in [0.29, 0.717) is 6.42 Å². The quantitative estimate of drug-likeness (QED) is 0.622. The number of hydrogen-bond donors (Lipinski definition) is 0. The zero-order chi connectivity index (χ0) is 15.1. The van der Waals surface area contributed by atoms with Gasteiger partial charge in [-0.1, -0.05) is 25.4 Å². The van der Waals surface area contributed by atoms with Gasteiger partial charge >= 0.3 is 0 Å². The lowest BCUT2D eigenvalue weighted by Gasteiger charge is -2.31. The van der Waals surface area contributed by atoms with Gasteiger partial charge in [0.1, 0.15) is 11.7 Å². The van der Waals surface area contributed by atoms with Crippen LogP contribution < -0.4 is 0 Å². The Balaban J connectivity index is 2.41. The topological polar surface area (TPSA) is 51.2 Å². The van der Waals surface area contributed by atoms with E-state index in [9.17, 15) is 18.8 Å². The zero-order valence-corrected chi connectivity index (χ0v) is 12.0. The number of rotatable bonds is 2. The molecule has 0 bridgehead atoms. The molecule has 0 N–H and O–H groups in total. The predicted molar refractivity (Wildman–Crippen MR) is 72.3 cm³/mol. The van der Waals surface area contributed by atoms with Gasteiger partial charge in [0, 0.05) is 17.4 Å². The van der Waals surface area contributed by atoms with E-state index in [1.807, 2.05) is 0 Å². The molecular formula is C15H14ClFO3.